The fourth-order valence-electron chi connectivity index (χ4n) is 2.65. The quantitative estimate of drug-likeness (QED) is 0.589. The van der Waals surface area contributed by atoms with E-state index in [1.165, 1.54) is 17.0 Å². The average molecular weight is 202 g/mol. The van der Waals surface area contributed by atoms with Crippen LogP contribution in [0.4, 0.5) is 5.69 Å². The monoisotopic (exact) mass is 202 g/mol. The fourth-order valence-corrected chi connectivity index (χ4v) is 2.65. The molecule has 0 bridgehead atoms. The number of hydrogen-bond acceptors (Lipinski definition) is 1. The molecule has 78 valence electrons. The molecular weight excluding hydrogens is 186 g/mol. The normalized spacial score (nSPS) is 21.3. The third-order valence-electron chi connectivity index (χ3n) is 3.82. The Kier molecular flexibility index (Phi) is 1.57. The molecule has 2 nitrogen and oxygen atoms in total. The smallest absolute Gasteiger partial charge is 0.252 e. The van der Waals surface area contributed by atoms with E-state index in [1.807, 2.05) is 0 Å². The zero-order valence-corrected chi connectivity index (χ0v) is 9.50. The lowest BCUT2D eigenvalue weighted by Crippen LogP contribution is -2.28. The predicted molar refractivity (Wildman–Crippen MR) is 60.4 cm³/mol. The van der Waals surface area contributed by atoms with E-state index in [1.54, 1.807) is 0 Å². The molecule has 0 unspecified atom stereocenters. The van der Waals surface area contributed by atoms with E-state index in [-0.39, 0.29) is 5.41 Å². The average Bonchev–Trinajstić information content (AvgIpc) is 2.43. The highest BCUT2D eigenvalue weighted by Gasteiger charge is 2.46. The molecule has 0 radical (unpaired) electrons. The van der Waals surface area contributed by atoms with Gasteiger partial charge in [0, 0.05) is 12.5 Å². The van der Waals surface area contributed by atoms with Crippen molar-refractivity contribution in [1.29, 1.82) is 0 Å². The maximum Gasteiger partial charge on any atom is 0.252 e. The lowest BCUT2D eigenvalue weighted by atomic mass is 9.82. The SMILES string of the molecule is CC1=[N+]2CCOc3cccc(c32)C1(C)C. The van der Waals surface area contributed by atoms with Gasteiger partial charge >= 0.3 is 0 Å². The van der Waals surface area contributed by atoms with E-state index in [4.69, 9.17) is 4.74 Å². The second-order valence-electron chi connectivity index (χ2n) is 4.86. The van der Waals surface area contributed by atoms with Gasteiger partial charge in [0.1, 0.15) is 6.61 Å². The van der Waals surface area contributed by atoms with Crippen LogP contribution in [0.2, 0.25) is 0 Å². The maximum atomic E-state index is 5.70. The molecule has 0 saturated carbocycles. The molecule has 2 aliphatic heterocycles. The molecule has 2 heteroatoms. The Balaban J connectivity index is 2.37. The van der Waals surface area contributed by atoms with Crippen LogP contribution < -0.4 is 4.74 Å². The van der Waals surface area contributed by atoms with E-state index in [9.17, 15) is 0 Å². The first-order valence-corrected chi connectivity index (χ1v) is 5.50. The Morgan fingerprint density at radius 3 is 2.93 bits per heavy atom. The Morgan fingerprint density at radius 1 is 1.33 bits per heavy atom. The molecule has 0 atom stereocenters. The van der Waals surface area contributed by atoms with Gasteiger partial charge in [-0.15, -0.1) is 0 Å². The summed E-state index contributed by atoms with van der Waals surface area (Å²) in [5, 5.41) is 0. The maximum absolute atomic E-state index is 5.70. The second kappa shape index (κ2) is 2.63. The van der Waals surface area contributed by atoms with Crippen LogP contribution in [0.15, 0.2) is 18.2 Å². The van der Waals surface area contributed by atoms with Gasteiger partial charge < -0.3 is 4.74 Å². The summed E-state index contributed by atoms with van der Waals surface area (Å²) in [7, 11) is 0. The number of para-hydroxylation sites is 1. The van der Waals surface area contributed by atoms with Crippen LogP contribution in [-0.4, -0.2) is 23.4 Å². The number of rotatable bonds is 0. The minimum Gasteiger partial charge on any atom is -0.480 e. The summed E-state index contributed by atoms with van der Waals surface area (Å²) in [4.78, 5) is 0. The van der Waals surface area contributed by atoms with Crippen molar-refractivity contribution < 1.29 is 9.31 Å². The Labute approximate surface area is 90.2 Å². The Hall–Kier alpha value is -1.31. The Morgan fingerprint density at radius 2 is 2.13 bits per heavy atom. The topological polar surface area (TPSA) is 12.2 Å². The van der Waals surface area contributed by atoms with Gasteiger partial charge in [0.2, 0.25) is 0 Å². The number of nitrogens with zero attached hydrogens (tertiary/aromatic N) is 1. The molecule has 1 aromatic carbocycles. The molecule has 2 aliphatic rings. The van der Waals surface area contributed by atoms with Crippen molar-refractivity contribution in [3.63, 3.8) is 0 Å². The molecule has 3 rings (SSSR count). The molecule has 0 saturated heterocycles. The summed E-state index contributed by atoms with van der Waals surface area (Å²) in [6.45, 7) is 8.59. The van der Waals surface area contributed by atoms with Crippen LogP contribution >= 0.6 is 0 Å². The van der Waals surface area contributed by atoms with Crippen molar-refractivity contribution in [2.45, 2.75) is 26.2 Å². The van der Waals surface area contributed by atoms with E-state index in [0.29, 0.717) is 0 Å². The van der Waals surface area contributed by atoms with E-state index < -0.39 is 0 Å². The van der Waals surface area contributed by atoms with Crippen molar-refractivity contribution in [2.75, 3.05) is 13.2 Å². The molecule has 0 aromatic heterocycles. The minimum absolute atomic E-state index is 0.152. The van der Waals surface area contributed by atoms with Crippen molar-refractivity contribution >= 4 is 11.4 Å². The highest BCUT2D eigenvalue weighted by molar-refractivity contribution is 5.94. The summed E-state index contributed by atoms with van der Waals surface area (Å²) in [6.07, 6.45) is 0. The number of benzene rings is 1. The summed E-state index contributed by atoms with van der Waals surface area (Å²) >= 11 is 0. The minimum atomic E-state index is 0.152. The molecule has 0 spiro atoms. The van der Waals surface area contributed by atoms with Crippen molar-refractivity contribution in [2.24, 2.45) is 0 Å². The lowest BCUT2D eigenvalue weighted by Gasteiger charge is -2.15. The molecule has 0 amide bonds. The van der Waals surface area contributed by atoms with Gasteiger partial charge in [0.15, 0.2) is 18.0 Å². The van der Waals surface area contributed by atoms with Crippen molar-refractivity contribution in [3.05, 3.63) is 23.8 Å². The Bertz CT molecular complexity index is 471. The fraction of sp³-hybridized carbons (Fsp3) is 0.462. The van der Waals surface area contributed by atoms with Crippen LogP contribution in [-0.2, 0) is 5.41 Å². The first-order valence-electron chi connectivity index (χ1n) is 5.50. The van der Waals surface area contributed by atoms with Crippen LogP contribution in [0.3, 0.4) is 0 Å². The van der Waals surface area contributed by atoms with E-state index in [2.05, 4.69) is 43.5 Å². The first-order chi connectivity index (χ1) is 7.12. The van der Waals surface area contributed by atoms with E-state index in [0.717, 1.165) is 18.9 Å². The molecular formula is C13H16NO+. The van der Waals surface area contributed by atoms with Crippen LogP contribution in [0.1, 0.15) is 26.3 Å². The highest BCUT2D eigenvalue weighted by atomic mass is 16.5. The molecule has 0 N–H and O–H groups in total. The lowest BCUT2D eigenvalue weighted by molar-refractivity contribution is -0.449. The van der Waals surface area contributed by atoms with Gasteiger partial charge in [-0.3, -0.25) is 0 Å². The second-order valence-corrected chi connectivity index (χ2v) is 4.86. The zero-order valence-electron chi connectivity index (χ0n) is 9.50. The largest absolute Gasteiger partial charge is 0.480 e. The zero-order chi connectivity index (χ0) is 10.6. The van der Waals surface area contributed by atoms with Crippen LogP contribution in [0.25, 0.3) is 0 Å². The van der Waals surface area contributed by atoms with Gasteiger partial charge in [0.05, 0.1) is 5.41 Å². The molecule has 15 heavy (non-hydrogen) atoms. The summed E-state index contributed by atoms with van der Waals surface area (Å²) in [6, 6.07) is 6.38. The molecule has 2 heterocycles. The molecule has 0 fully saturated rings. The van der Waals surface area contributed by atoms with Crippen LogP contribution in [0, 0.1) is 0 Å². The third-order valence-corrected chi connectivity index (χ3v) is 3.82. The van der Waals surface area contributed by atoms with Gasteiger partial charge in [-0.05, 0) is 19.9 Å². The number of hydrogen-bond donors (Lipinski definition) is 0. The summed E-state index contributed by atoms with van der Waals surface area (Å²) in [5.74, 6) is 1.05. The molecule has 0 aliphatic carbocycles. The van der Waals surface area contributed by atoms with Crippen molar-refractivity contribution in [3.8, 4) is 5.75 Å². The van der Waals surface area contributed by atoms with E-state index >= 15 is 0 Å². The standard InChI is InChI=1S/C13H16NO/c1-9-13(2,3)10-5-4-6-11-12(10)14(9)7-8-15-11/h4-6H,7-8H2,1-3H3/q+1. The van der Waals surface area contributed by atoms with Gasteiger partial charge in [-0.1, -0.05) is 12.1 Å². The predicted octanol–water partition coefficient (Wildman–Crippen LogP) is 2.48. The van der Waals surface area contributed by atoms with Crippen molar-refractivity contribution in [1.82, 2.24) is 0 Å². The highest BCUT2D eigenvalue weighted by Crippen LogP contribution is 2.45. The van der Waals surface area contributed by atoms with Gasteiger partial charge in [-0.25, -0.2) is 0 Å². The molecule has 1 aromatic rings. The van der Waals surface area contributed by atoms with Gasteiger partial charge in [-0.2, -0.15) is 4.58 Å². The first kappa shape index (κ1) is 8.96. The third kappa shape index (κ3) is 0.969. The van der Waals surface area contributed by atoms with Gasteiger partial charge in [0.25, 0.3) is 5.69 Å². The van der Waals surface area contributed by atoms with Crippen LogP contribution in [0.5, 0.6) is 5.75 Å². The number of ether oxygens (including phenoxy) is 1. The summed E-state index contributed by atoms with van der Waals surface area (Å²) < 4.78 is 8.11. The summed E-state index contributed by atoms with van der Waals surface area (Å²) in [5.41, 5.74) is 4.29.